The molecule has 0 atom stereocenters. The van der Waals surface area contributed by atoms with Crippen LogP contribution >= 0.6 is 0 Å². The summed E-state index contributed by atoms with van der Waals surface area (Å²) < 4.78 is 6.95. The monoisotopic (exact) mass is 346 g/mol. The van der Waals surface area contributed by atoms with E-state index < -0.39 is 0 Å². The standard InChI is InChI=1S/C19H18N6O/c1-11-5-8-14(9-6-11)18-21-19(26-23-18)16-17(20)25(24-22-16)15-10-12(2)4-7-13(15)3/h4-10H,20H2,1-3H3. The number of nitrogens with zero attached hydrogens (tertiary/aromatic N) is 5. The summed E-state index contributed by atoms with van der Waals surface area (Å²) in [5, 5.41) is 12.3. The lowest BCUT2D eigenvalue weighted by molar-refractivity contribution is 0.431. The zero-order valence-corrected chi connectivity index (χ0v) is 14.8. The SMILES string of the molecule is Cc1ccc(-c2noc(-c3nnn(-c4cc(C)ccc4C)c3N)n2)cc1. The van der Waals surface area contributed by atoms with Crippen molar-refractivity contribution in [3.8, 4) is 28.7 Å². The molecule has 130 valence electrons. The minimum Gasteiger partial charge on any atom is -0.382 e. The fraction of sp³-hybridized carbons (Fsp3) is 0.158. The first-order chi connectivity index (χ1) is 12.5. The average molecular weight is 346 g/mol. The van der Waals surface area contributed by atoms with Crippen molar-refractivity contribution < 1.29 is 4.52 Å². The highest BCUT2D eigenvalue weighted by Gasteiger charge is 2.20. The molecule has 0 aliphatic heterocycles. The van der Waals surface area contributed by atoms with E-state index >= 15 is 0 Å². The van der Waals surface area contributed by atoms with Crippen LogP contribution in [0.3, 0.4) is 0 Å². The summed E-state index contributed by atoms with van der Waals surface area (Å²) in [6, 6.07) is 14.0. The molecule has 0 saturated carbocycles. The van der Waals surface area contributed by atoms with Gasteiger partial charge in [0.15, 0.2) is 11.5 Å². The van der Waals surface area contributed by atoms with E-state index in [2.05, 4.69) is 20.5 Å². The van der Waals surface area contributed by atoms with Crippen molar-refractivity contribution in [3.05, 3.63) is 59.2 Å². The topological polar surface area (TPSA) is 95.7 Å². The Morgan fingerprint density at radius 1 is 0.962 bits per heavy atom. The van der Waals surface area contributed by atoms with Gasteiger partial charge in [-0.15, -0.1) is 5.10 Å². The van der Waals surface area contributed by atoms with Gasteiger partial charge in [-0.1, -0.05) is 52.3 Å². The van der Waals surface area contributed by atoms with Crippen molar-refractivity contribution in [2.45, 2.75) is 20.8 Å². The summed E-state index contributed by atoms with van der Waals surface area (Å²) in [5.41, 5.74) is 11.7. The summed E-state index contributed by atoms with van der Waals surface area (Å²) >= 11 is 0. The highest BCUT2D eigenvalue weighted by molar-refractivity contribution is 5.66. The molecule has 0 saturated heterocycles. The third-order valence-electron chi connectivity index (χ3n) is 4.24. The van der Waals surface area contributed by atoms with Crippen LogP contribution in [0.15, 0.2) is 47.0 Å². The molecular formula is C19H18N6O. The van der Waals surface area contributed by atoms with Crippen LogP contribution in [0.25, 0.3) is 28.7 Å². The number of rotatable bonds is 3. The number of hydrogen-bond donors (Lipinski definition) is 1. The van der Waals surface area contributed by atoms with Crippen molar-refractivity contribution in [3.63, 3.8) is 0 Å². The molecule has 26 heavy (non-hydrogen) atoms. The fourth-order valence-corrected chi connectivity index (χ4v) is 2.71. The molecule has 0 unspecified atom stereocenters. The smallest absolute Gasteiger partial charge is 0.282 e. The van der Waals surface area contributed by atoms with Crippen LogP contribution in [-0.4, -0.2) is 25.1 Å². The number of benzene rings is 2. The molecule has 0 amide bonds. The molecule has 0 bridgehead atoms. The van der Waals surface area contributed by atoms with Crippen LogP contribution in [0.1, 0.15) is 16.7 Å². The third-order valence-corrected chi connectivity index (χ3v) is 4.24. The molecule has 2 aromatic carbocycles. The minimum absolute atomic E-state index is 0.245. The Labute approximate surface area is 150 Å². The van der Waals surface area contributed by atoms with Gasteiger partial charge < -0.3 is 10.3 Å². The first kappa shape index (κ1) is 16.0. The molecule has 2 N–H and O–H groups in total. The maximum atomic E-state index is 6.26. The van der Waals surface area contributed by atoms with E-state index in [0.29, 0.717) is 17.3 Å². The summed E-state index contributed by atoms with van der Waals surface area (Å²) in [5.74, 6) is 1.09. The van der Waals surface area contributed by atoms with Crippen molar-refractivity contribution in [1.82, 2.24) is 25.1 Å². The van der Waals surface area contributed by atoms with Crippen molar-refractivity contribution in [1.29, 1.82) is 0 Å². The van der Waals surface area contributed by atoms with Crippen molar-refractivity contribution >= 4 is 5.82 Å². The maximum absolute atomic E-state index is 6.26. The van der Waals surface area contributed by atoms with Gasteiger partial charge in [0.25, 0.3) is 5.89 Å². The summed E-state index contributed by atoms with van der Waals surface area (Å²) in [7, 11) is 0. The second-order valence-corrected chi connectivity index (χ2v) is 6.31. The largest absolute Gasteiger partial charge is 0.382 e. The van der Waals surface area contributed by atoms with E-state index in [1.165, 1.54) is 0 Å². The lowest BCUT2D eigenvalue weighted by Crippen LogP contribution is -2.04. The van der Waals surface area contributed by atoms with Gasteiger partial charge >= 0.3 is 0 Å². The molecule has 2 aromatic heterocycles. The molecule has 0 aliphatic carbocycles. The Balaban J connectivity index is 1.73. The van der Waals surface area contributed by atoms with Gasteiger partial charge in [0.2, 0.25) is 5.82 Å². The lowest BCUT2D eigenvalue weighted by atomic mass is 10.1. The van der Waals surface area contributed by atoms with E-state index in [0.717, 1.165) is 27.9 Å². The van der Waals surface area contributed by atoms with Gasteiger partial charge in [0.1, 0.15) is 0 Å². The van der Waals surface area contributed by atoms with Crippen LogP contribution in [-0.2, 0) is 0 Å². The van der Waals surface area contributed by atoms with Crippen LogP contribution in [0.2, 0.25) is 0 Å². The van der Waals surface area contributed by atoms with Crippen LogP contribution in [0, 0.1) is 20.8 Å². The van der Waals surface area contributed by atoms with Gasteiger partial charge in [-0.25, -0.2) is 0 Å². The van der Waals surface area contributed by atoms with Crippen LogP contribution < -0.4 is 5.73 Å². The van der Waals surface area contributed by atoms with Crippen molar-refractivity contribution in [2.75, 3.05) is 5.73 Å². The summed E-state index contributed by atoms with van der Waals surface area (Å²) in [6.07, 6.45) is 0. The van der Waals surface area contributed by atoms with Crippen molar-refractivity contribution in [2.24, 2.45) is 0 Å². The predicted molar refractivity (Wildman–Crippen MR) is 98.7 cm³/mol. The summed E-state index contributed by atoms with van der Waals surface area (Å²) in [4.78, 5) is 4.41. The van der Waals surface area contributed by atoms with Gasteiger partial charge in [-0.3, -0.25) is 0 Å². The fourth-order valence-electron chi connectivity index (χ4n) is 2.71. The first-order valence-corrected chi connectivity index (χ1v) is 8.23. The van der Waals surface area contributed by atoms with Gasteiger partial charge in [0, 0.05) is 5.56 Å². The third kappa shape index (κ3) is 2.73. The number of nitrogens with two attached hydrogens (primary N) is 1. The Morgan fingerprint density at radius 2 is 1.69 bits per heavy atom. The normalized spacial score (nSPS) is 11.0. The number of aromatic nitrogens is 5. The molecule has 7 nitrogen and oxygen atoms in total. The quantitative estimate of drug-likeness (QED) is 0.610. The second-order valence-electron chi connectivity index (χ2n) is 6.31. The molecule has 7 heteroatoms. The van der Waals surface area contributed by atoms with E-state index in [-0.39, 0.29) is 5.89 Å². The first-order valence-electron chi connectivity index (χ1n) is 8.23. The molecule has 4 rings (SSSR count). The van der Waals surface area contributed by atoms with E-state index in [9.17, 15) is 0 Å². The molecule has 0 radical (unpaired) electrons. The Morgan fingerprint density at radius 3 is 2.46 bits per heavy atom. The Hall–Kier alpha value is -3.48. The Kier molecular flexibility index (Phi) is 3.76. The zero-order chi connectivity index (χ0) is 18.3. The van der Waals surface area contributed by atoms with Gasteiger partial charge in [-0.05, 0) is 38.0 Å². The molecule has 4 aromatic rings. The molecule has 0 aliphatic rings. The zero-order valence-electron chi connectivity index (χ0n) is 14.8. The van der Waals surface area contributed by atoms with E-state index in [1.807, 2.05) is 63.2 Å². The average Bonchev–Trinajstić information content (AvgIpc) is 3.24. The predicted octanol–water partition coefficient (Wildman–Crippen LogP) is 3.49. The van der Waals surface area contributed by atoms with Gasteiger partial charge in [0.05, 0.1) is 5.69 Å². The second kappa shape index (κ2) is 6.11. The summed E-state index contributed by atoms with van der Waals surface area (Å²) in [6.45, 7) is 6.04. The highest BCUT2D eigenvalue weighted by atomic mass is 16.5. The number of hydrogen-bond acceptors (Lipinski definition) is 6. The number of aryl methyl sites for hydroxylation is 3. The molecule has 0 spiro atoms. The Bertz CT molecular complexity index is 1080. The van der Waals surface area contributed by atoms with E-state index in [1.54, 1.807) is 4.68 Å². The number of nitrogen functional groups attached to an aromatic ring is 1. The van der Waals surface area contributed by atoms with Crippen LogP contribution in [0.4, 0.5) is 5.82 Å². The maximum Gasteiger partial charge on any atom is 0.282 e. The molecule has 2 heterocycles. The lowest BCUT2D eigenvalue weighted by Gasteiger charge is -2.07. The molecule has 0 fully saturated rings. The highest BCUT2D eigenvalue weighted by Crippen LogP contribution is 2.27. The molecular weight excluding hydrogens is 328 g/mol. The van der Waals surface area contributed by atoms with Gasteiger partial charge in [-0.2, -0.15) is 9.67 Å². The van der Waals surface area contributed by atoms with Crippen LogP contribution in [0.5, 0.6) is 0 Å². The van der Waals surface area contributed by atoms with E-state index in [4.69, 9.17) is 10.3 Å². The minimum atomic E-state index is 0.245. The number of anilines is 1.